The zero-order valence-electron chi connectivity index (χ0n) is 8.50. The monoisotopic (exact) mass is 288 g/mol. The Labute approximate surface area is 102 Å². The van der Waals surface area contributed by atoms with Gasteiger partial charge in [0.2, 0.25) is 5.91 Å². The normalized spacial score (nSPS) is 10.8. The minimum Gasteiger partial charge on any atom is -0.273 e. The smallest absolute Gasteiger partial charge is 0.240 e. The van der Waals surface area contributed by atoms with Crippen LogP contribution in [-0.2, 0) is 4.79 Å². The van der Waals surface area contributed by atoms with Crippen LogP contribution in [0.5, 0.6) is 0 Å². The quantitative estimate of drug-likeness (QED) is 0.656. The summed E-state index contributed by atoms with van der Waals surface area (Å²) in [5.41, 5.74) is 2.50. The van der Waals surface area contributed by atoms with Crippen LogP contribution < -0.4 is 5.43 Å². The fourth-order valence-corrected chi connectivity index (χ4v) is 2.25. The number of hydrogen-bond donors (Lipinski definition) is 1. The van der Waals surface area contributed by atoms with Gasteiger partial charge in [-0.2, -0.15) is 5.10 Å². The summed E-state index contributed by atoms with van der Waals surface area (Å²) in [6, 6.07) is 3.89. The highest BCUT2D eigenvalue weighted by atomic mass is 79.9. The average Bonchev–Trinajstić information content (AvgIpc) is 2.61. The third-order valence-corrected chi connectivity index (χ3v) is 3.29. The molecule has 0 aliphatic rings. The van der Waals surface area contributed by atoms with E-state index in [1.54, 1.807) is 17.6 Å². The van der Waals surface area contributed by atoms with Crippen LogP contribution >= 0.6 is 27.3 Å². The lowest BCUT2D eigenvalue weighted by Gasteiger charge is -1.96. The first-order chi connectivity index (χ1) is 7.22. The SMILES string of the molecule is CCCCC(=O)NN=Cc1ccc(Br)s1. The van der Waals surface area contributed by atoms with Crippen molar-refractivity contribution in [3.63, 3.8) is 0 Å². The van der Waals surface area contributed by atoms with Gasteiger partial charge in [0.15, 0.2) is 0 Å². The Kier molecular flexibility index (Phi) is 5.57. The third-order valence-electron chi connectivity index (χ3n) is 1.73. The molecule has 0 aliphatic heterocycles. The lowest BCUT2D eigenvalue weighted by Crippen LogP contribution is -2.16. The predicted molar refractivity (Wildman–Crippen MR) is 67.3 cm³/mol. The number of nitrogens with one attached hydrogen (secondary N) is 1. The number of carbonyl (C=O) groups is 1. The van der Waals surface area contributed by atoms with Crippen LogP contribution in [0.25, 0.3) is 0 Å². The van der Waals surface area contributed by atoms with E-state index in [-0.39, 0.29) is 5.91 Å². The molecular weight excluding hydrogens is 276 g/mol. The van der Waals surface area contributed by atoms with Gasteiger partial charge in [-0.15, -0.1) is 11.3 Å². The molecule has 1 N–H and O–H groups in total. The third kappa shape index (κ3) is 5.09. The zero-order valence-corrected chi connectivity index (χ0v) is 10.9. The van der Waals surface area contributed by atoms with Crippen LogP contribution in [-0.4, -0.2) is 12.1 Å². The number of amides is 1. The number of unbranched alkanes of at least 4 members (excludes halogenated alkanes) is 1. The van der Waals surface area contributed by atoms with Crippen molar-refractivity contribution in [1.29, 1.82) is 0 Å². The molecule has 1 heterocycles. The van der Waals surface area contributed by atoms with Crippen molar-refractivity contribution in [2.75, 3.05) is 0 Å². The topological polar surface area (TPSA) is 41.5 Å². The molecule has 0 radical (unpaired) electrons. The zero-order chi connectivity index (χ0) is 11.1. The summed E-state index contributed by atoms with van der Waals surface area (Å²) in [6.45, 7) is 2.06. The van der Waals surface area contributed by atoms with Crippen molar-refractivity contribution in [1.82, 2.24) is 5.43 Å². The van der Waals surface area contributed by atoms with E-state index in [0.29, 0.717) is 6.42 Å². The Bertz CT molecular complexity index is 349. The maximum absolute atomic E-state index is 11.2. The van der Waals surface area contributed by atoms with Crippen molar-refractivity contribution in [2.24, 2.45) is 5.10 Å². The summed E-state index contributed by atoms with van der Waals surface area (Å²) in [5.74, 6) is -0.0243. The van der Waals surface area contributed by atoms with Gasteiger partial charge in [-0.25, -0.2) is 5.43 Å². The van der Waals surface area contributed by atoms with E-state index in [0.717, 1.165) is 21.5 Å². The van der Waals surface area contributed by atoms with Gasteiger partial charge in [0.1, 0.15) is 0 Å². The van der Waals surface area contributed by atoms with Gasteiger partial charge in [0.25, 0.3) is 0 Å². The predicted octanol–water partition coefficient (Wildman–Crippen LogP) is 3.15. The number of thiophene rings is 1. The molecule has 0 fully saturated rings. The summed E-state index contributed by atoms with van der Waals surface area (Å²) in [7, 11) is 0. The molecule has 82 valence electrons. The lowest BCUT2D eigenvalue weighted by molar-refractivity contribution is -0.121. The van der Waals surface area contributed by atoms with Crippen molar-refractivity contribution < 1.29 is 4.79 Å². The van der Waals surface area contributed by atoms with E-state index in [1.165, 1.54) is 0 Å². The minimum atomic E-state index is -0.0243. The van der Waals surface area contributed by atoms with Gasteiger partial charge in [-0.05, 0) is 34.5 Å². The molecule has 1 rings (SSSR count). The molecule has 1 aromatic rings. The van der Waals surface area contributed by atoms with E-state index < -0.39 is 0 Å². The molecule has 0 atom stereocenters. The Morgan fingerprint density at radius 3 is 3.07 bits per heavy atom. The van der Waals surface area contributed by atoms with E-state index in [1.807, 2.05) is 12.1 Å². The van der Waals surface area contributed by atoms with Gasteiger partial charge in [-0.3, -0.25) is 4.79 Å². The van der Waals surface area contributed by atoms with E-state index in [4.69, 9.17) is 0 Å². The van der Waals surface area contributed by atoms with E-state index >= 15 is 0 Å². The summed E-state index contributed by atoms with van der Waals surface area (Å²) in [6.07, 6.45) is 4.13. The number of rotatable bonds is 5. The van der Waals surface area contributed by atoms with Crippen LogP contribution in [0.1, 0.15) is 31.1 Å². The molecule has 1 amide bonds. The van der Waals surface area contributed by atoms with Crippen LogP contribution in [0.3, 0.4) is 0 Å². The van der Waals surface area contributed by atoms with E-state index in [2.05, 4.69) is 33.4 Å². The highest BCUT2D eigenvalue weighted by Crippen LogP contribution is 2.20. The van der Waals surface area contributed by atoms with Crippen molar-refractivity contribution >= 4 is 39.4 Å². The molecule has 5 heteroatoms. The first kappa shape index (κ1) is 12.4. The average molecular weight is 289 g/mol. The molecule has 0 bridgehead atoms. The maximum Gasteiger partial charge on any atom is 0.240 e. The first-order valence-electron chi connectivity index (χ1n) is 4.79. The second-order valence-corrected chi connectivity index (χ2v) is 5.53. The van der Waals surface area contributed by atoms with Crippen molar-refractivity contribution in [3.8, 4) is 0 Å². The second kappa shape index (κ2) is 6.74. The summed E-state index contributed by atoms with van der Waals surface area (Å²) >= 11 is 4.93. The molecule has 3 nitrogen and oxygen atoms in total. The molecule has 0 unspecified atom stereocenters. The first-order valence-corrected chi connectivity index (χ1v) is 6.40. The van der Waals surface area contributed by atoms with Crippen LogP contribution in [0.4, 0.5) is 0 Å². The second-order valence-electron chi connectivity index (χ2n) is 3.04. The molecule has 0 saturated carbocycles. The highest BCUT2D eigenvalue weighted by Gasteiger charge is 1.97. The Morgan fingerprint density at radius 1 is 1.67 bits per heavy atom. The summed E-state index contributed by atoms with van der Waals surface area (Å²) in [5, 5.41) is 3.87. The molecule has 0 saturated heterocycles. The Hall–Kier alpha value is -0.680. The van der Waals surface area contributed by atoms with Crippen LogP contribution in [0, 0.1) is 0 Å². The molecule has 15 heavy (non-hydrogen) atoms. The number of halogens is 1. The minimum absolute atomic E-state index is 0.0243. The maximum atomic E-state index is 11.2. The van der Waals surface area contributed by atoms with Gasteiger partial charge in [-0.1, -0.05) is 13.3 Å². The molecular formula is C10H13BrN2OS. The fraction of sp³-hybridized carbons (Fsp3) is 0.400. The Balaban J connectivity index is 2.30. The number of hydrogen-bond acceptors (Lipinski definition) is 3. The van der Waals surface area contributed by atoms with Crippen molar-refractivity contribution in [3.05, 3.63) is 20.8 Å². The lowest BCUT2D eigenvalue weighted by atomic mass is 10.2. The van der Waals surface area contributed by atoms with Gasteiger partial charge in [0, 0.05) is 11.3 Å². The highest BCUT2D eigenvalue weighted by molar-refractivity contribution is 9.11. The summed E-state index contributed by atoms with van der Waals surface area (Å²) in [4.78, 5) is 12.2. The number of carbonyl (C=O) groups excluding carboxylic acids is 1. The number of nitrogens with zero attached hydrogens (tertiary/aromatic N) is 1. The Morgan fingerprint density at radius 2 is 2.47 bits per heavy atom. The fourth-order valence-electron chi connectivity index (χ4n) is 0.959. The van der Waals surface area contributed by atoms with Crippen LogP contribution in [0.2, 0.25) is 0 Å². The molecule has 1 aromatic heterocycles. The van der Waals surface area contributed by atoms with Crippen molar-refractivity contribution in [2.45, 2.75) is 26.2 Å². The summed E-state index contributed by atoms with van der Waals surface area (Å²) < 4.78 is 1.06. The van der Waals surface area contributed by atoms with Gasteiger partial charge >= 0.3 is 0 Å². The molecule has 0 spiro atoms. The number of hydrazone groups is 1. The van der Waals surface area contributed by atoms with Crippen LogP contribution in [0.15, 0.2) is 21.0 Å². The molecule has 0 aliphatic carbocycles. The molecule has 0 aromatic carbocycles. The van der Waals surface area contributed by atoms with Gasteiger partial charge < -0.3 is 0 Å². The largest absolute Gasteiger partial charge is 0.273 e. The standard InChI is InChI=1S/C10H13BrN2OS/c1-2-3-4-10(14)13-12-7-8-5-6-9(11)15-8/h5-7H,2-4H2,1H3,(H,13,14). The van der Waals surface area contributed by atoms with Gasteiger partial charge in [0.05, 0.1) is 10.0 Å². The van der Waals surface area contributed by atoms with E-state index in [9.17, 15) is 4.79 Å².